The highest BCUT2D eigenvalue weighted by atomic mass is 32.2. The van der Waals surface area contributed by atoms with Gasteiger partial charge in [-0.1, -0.05) is 18.7 Å². The molecule has 2 aromatic heterocycles. The maximum atomic E-state index is 12.2. The van der Waals surface area contributed by atoms with Crippen LogP contribution >= 0.6 is 23.1 Å². The maximum Gasteiger partial charge on any atom is 0.341 e. The first-order chi connectivity index (χ1) is 11.6. The van der Waals surface area contributed by atoms with Crippen LogP contribution < -0.4 is 5.32 Å². The lowest BCUT2D eigenvalue weighted by molar-refractivity contribution is -0.113. The van der Waals surface area contributed by atoms with Gasteiger partial charge in [0.05, 0.1) is 17.9 Å². The molecule has 0 aliphatic rings. The van der Waals surface area contributed by atoms with Gasteiger partial charge in [0.15, 0.2) is 5.16 Å². The molecule has 0 saturated heterocycles. The van der Waals surface area contributed by atoms with E-state index in [1.54, 1.807) is 19.3 Å². The molecule has 0 unspecified atom stereocenters. The Bertz CT molecular complexity index is 711. The molecular formula is C15H20N4O3S2. The number of carbonyl (C=O) groups excluding carboxylic acids is 2. The largest absolute Gasteiger partial charge is 0.462 e. The minimum atomic E-state index is -0.415. The standard InChI is InChI=1S/C15H20N4O3S2/c1-4-10-7-11(14(21)22-6-3)13(24-10)17-12(20)8-23-15-18-16-9-19(15)5-2/h7,9H,4-6,8H2,1-3H3,(H,17,20). The van der Waals surface area contributed by atoms with Crippen LogP contribution in [0.2, 0.25) is 0 Å². The lowest BCUT2D eigenvalue weighted by atomic mass is 10.2. The van der Waals surface area contributed by atoms with Crippen molar-refractivity contribution in [1.29, 1.82) is 0 Å². The first kappa shape index (κ1) is 18.5. The molecule has 2 rings (SSSR count). The van der Waals surface area contributed by atoms with Crippen LogP contribution in [0.3, 0.4) is 0 Å². The van der Waals surface area contributed by atoms with Crippen LogP contribution in [0.1, 0.15) is 36.0 Å². The van der Waals surface area contributed by atoms with Crippen molar-refractivity contribution in [2.24, 2.45) is 0 Å². The van der Waals surface area contributed by atoms with Crippen molar-refractivity contribution >= 4 is 40.0 Å². The van der Waals surface area contributed by atoms with E-state index in [9.17, 15) is 9.59 Å². The molecule has 130 valence electrons. The molecule has 0 aromatic carbocycles. The van der Waals surface area contributed by atoms with Crippen molar-refractivity contribution < 1.29 is 14.3 Å². The van der Waals surface area contributed by atoms with Crippen LogP contribution in [0.25, 0.3) is 0 Å². The number of aryl methyl sites for hydroxylation is 2. The molecule has 7 nitrogen and oxygen atoms in total. The summed E-state index contributed by atoms with van der Waals surface area (Å²) in [6.45, 7) is 6.78. The Kier molecular flexibility index (Phi) is 6.80. The van der Waals surface area contributed by atoms with E-state index in [1.807, 2.05) is 18.4 Å². The van der Waals surface area contributed by atoms with Gasteiger partial charge in [-0.2, -0.15) is 0 Å². The van der Waals surface area contributed by atoms with Crippen LogP contribution in [-0.4, -0.2) is 39.0 Å². The lowest BCUT2D eigenvalue weighted by Crippen LogP contribution is -2.16. The van der Waals surface area contributed by atoms with Crippen molar-refractivity contribution in [2.45, 2.75) is 38.9 Å². The molecule has 0 atom stereocenters. The number of amides is 1. The smallest absolute Gasteiger partial charge is 0.341 e. The summed E-state index contributed by atoms with van der Waals surface area (Å²) < 4.78 is 6.91. The highest BCUT2D eigenvalue weighted by molar-refractivity contribution is 7.99. The Morgan fingerprint density at radius 1 is 1.38 bits per heavy atom. The van der Waals surface area contributed by atoms with Crippen molar-refractivity contribution in [3.63, 3.8) is 0 Å². The lowest BCUT2D eigenvalue weighted by Gasteiger charge is -2.06. The number of thioether (sulfide) groups is 1. The van der Waals surface area contributed by atoms with E-state index in [0.29, 0.717) is 22.3 Å². The van der Waals surface area contributed by atoms with Crippen molar-refractivity contribution in [3.8, 4) is 0 Å². The number of hydrogen-bond donors (Lipinski definition) is 1. The van der Waals surface area contributed by atoms with Crippen LogP contribution in [0.4, 0.5) is 5.00 Å². The summed E-state index contributed by atoms with van der Waals surface area (Å²) in [6, 6.07) is 1.78. The van der Waals surface area contributed by atoms with Crippen LogP contribution in [-0.2, 0) is 22.5 Å². The maximum absolute atomic E-state index is 12.2. The molecule has 9 heteroatoms. The third kappa shape index (κ3) is 4.57. The average molecular weight is 368 g/mol. The monoisotopic (exact) mass is 368 g/mol. The molecule has 1 N–H and O–H groups in total. The molecule has 0 radical (unpaired) electrons. The minimum Gasteiger partial charge on any atom is -0.462 e. The summed E-state index contributed by atoms with van der Waals surface area (Å²) in [5.74, 6) is -0.414. The van der Waals surface area contributed by atoms with E-state index in [1.165, 1.54) is 23.1 Å². The average Bonchev–Trinajstić information content (AvgIpc) is 3.19. The first-order valence-electron chi connectivity index (χ1n) is 7.69. The Hall–Kier alpha value is -1.87. The van der Waals surface area contributed by atoms with E-state index in [0.717, 1.165) is 17.8 Å². The number of carbonyl (C=O) groups is 2. The highest BCUT2D eigenvalue weighted by Gasteiger charge is 2.19. The zero-order chi connectivity index (χ0) is 17.5. The summed E-state index contributed by atoms with van der Waals surface area (Å²) in [4.78, 5) is 25.2. The second kappa shape index (κ2) is 8.84. The van der Waals surface area contributed by atoms with Gasteiger partial charge < -0.3 is 14.6 Å². The van der Waals surface area contributed by atoms with Gasteiger partial charge in [-0.05, 0) is 26.3 Å². The van der Waals surface area contributed by atoms with Gasteiger partial charge >= 0.3 is 5.97 Å². The number of nitrogens with zero attached hydrogens (tertiary/aromatic N) is 3. The number of aromatic nitrogens is 3. The van der Waals surface area contributed by atoms with E-state index < -0.39 is 5.97 Å². The predicted octanol–water partition coefficient (Wildman–Crippen LogP) is 2.83. The summed E-state index contributed by atoms with van der Waals surface area (Å²) in [7, 11) is 0. The number of hydrogen-bond acceptors (Lipinski definition) is 7. The first-order valence-corrected chi connectivity index (χ1v) is 9.49. The van der Waals surface area contributed by atoms with Gasteiger partial charge in [-0.3, -0.25) is 4.79 Å². The quantitative estimate of drug-likeness (QED) is 0.569. The topological polar surface area (TPSA) is 86.1 Å². The molecule has 24 heavy (non-hydrogen) atoms. The summed E-state index contributed by atoms with van der Waals surface area (Å²) in [6.07, 6.45) is 2.42. The number of esters is 1. The summed E-state index contributed by atoms with van der Waals surface area (Å²) in [5, 5.41) is 11.8. The Labute approximate surface area is 148 Å². The SMILES string of the molecule is CCOC(=O)c1cc(CC)sc1NC(=O)CSc1nncn1CC. The fourth-order valence-electron chi connectivity index (χ4n) is 1.94. The molecule has 2 aromatic rings. The number of thiophene rings is 1. The predicted molar refractivity (Wildman–Crippen MR) is 94.7 cm³/mol. The summed E-state index contributed by atoms with van der Waals surface area (Å²) >= 11 is 2.71. The number of nitrogens with one attached hydrogen (secondary N) is 1. The Balaban J connectivity index is 2.02. The van der Waals surface area contributed by atoms with E-state index >= 15 is 0 Å². The van der Waals surface area contributed by atoms with Crippen molar-refractivity contribution in [2.75, 3.05) is 17.7 Å². The molecule has 2 heterocycles. The molecule has 0 fully saturated rings. The molecule has 0 aliphatic heterocycles. The number of ether oxygens (including phenoxy) is 1. The van der Waals surface area contributed by atoms with E-state index in [-0.39, 0.29) is 11.7 Å². The molecule has 0 aliphatic carbocycles. The zero-order valence-electron chi connectivity index (χ0n) is 13.9. The van der Waals surface area contributed by atoms with Gasteiger partial charge in [0, 0.05) is 11.4 Å². The molecule has 0 saturated carbocycles. The van der Waals surface area contributed by atoms with Crippen molar-refractivity contribution in [1.82, 2.24) is 14.8 Å². The van der Waals surface area contributed by atoms with Crippen LogP contribution in [0.15, 0.2) is 17.6 Å². The second-order valence-corrected chi connectivity index (χ2v) is 6.85. The van der Waals surface area contributed by atoms with E-state index in [4.69, 9.17) is 4.74 Å². The zero-order valence-corrected chi connectivity index (χ0v) is 15.5. The van der Waals surface area contributed by atoms with Crippen LogP contribution in [0, 0.1) is 0 Å². The fourth-order valence-corrected chi connectivity index (χ4v) is 3.72. The Morgan fingerprint density at radius 2 is 2.17 bits per heavy atom. The number of anilines is 1. The molecule has 1 amide bonds. The summed E-state index contributed by atoms with van der Waals surface area (Å²) in [5.41, 5.74) is 0.411. The fraction of sp³-hybridized carbons (Fsp3) is 0.467. The van der Waals surface area contributed by atoms with Gasteiger partial charge in [0.25, 0.3) is 0 Å². The normalized spacial score (nSPS) is 10.6. The van der Waals surface area contributed by atoms with Crippen LogP contribution in [0.5, 0.6) is 0 Å². The van der Waals surface area contributed by atoms with Gasteiger partial charge in [0.2, 0.25) is 5.91 Å². The molecule has 0 bridgehead atoms. The van der Waals surface area contributed by atoms with Gasteiger partial charge in [0.1, 0.15) is 11.3 Å². The molecular weight excluding hydrogens is 348 g/mol. The minimum absolute atomic E-state index is 0.194. The van der Waals surface area contributed by atoms with Gasteiger partial charge in [-0.25, -0.2) is 4.79 Å². The third-order valence-electron chi connectivity index (χ3n) is 3.13. The van der Waals surface area contributed by atoms with Crippen molar-refractivity contribution in [3.05, 3.63) is 22.8 Å². The van der Waals surface area contributed by atoms with Gasteiger partial charge in [-0.15, -0.1) is 21.5 Å². The third-order valence-corrected chi connectivity index (χ3v) is 5.31. The second-order valence-electron chi connectivity index (χ2n) is 4.77. The highest BCUT2D eigenvalue weighted by Crippen LogP contribution is 2.29. The van der Waals surface area contributed by atoms with E-state index in [2.05, 4.69) is 15.5 Å². The Morgan fingerprint density at radius 3 is 2.83 bits per heavy atom. The number of rotatable bonds is 8. The molecule has 0 spiro atoms.